The second kappa shape index (κ2) is 4.62. The van der Waals surface area contributed by atoms with Crippen LogP contribution in [-0.2, 0) is 0 Å². The van der Waals surface area contributed by atoms with E-state index in [-0.39, 0.29) is 5.54 Å². The molecule has 0 aliphatic heterocycles. The Balaban J connectivity index is 3.70. The number of allylic oxidation sites excluding steroid dienone is 1. The summed E-state index contributed by atoms with van der Waals surface area (Å²) in [7, 11) is 0. The molecule has 1 nitrogen and oxygen atoms in total. The number of hydrogen-bond acceptors (Lipinski definition) is 2. The minimum atomic E-state index is -0.133. The Hall–Kier alpha value is -0.210. The molecule has 0 fully saturated rings. The Bertz CT molecular complexity index is 153. The molecule has 0 heterocycles. The maximum absolute atomic E-state index is 5.81. The van der Waals surface area contributed by atoms with E-state index in [2.05, 4.69) is 6.58 Å². The fourth-order valence-electron chi connectivity index (χ4n) is 0.714. The van der Waals surface area contributed by atoms with E-state index in [1.807, 2.05) is 32.3 Å². The van der Waals surface area contributed by atoms with Gasteiger partial charge in [-0.15, -0.1) is 11.8 Å². The highest BCUT2D eigenvalue weighted by Crippen LogP contribution is 2.23. The van der Waals surface area contributed by atoms with Gasteiger partial charge in [0.05, 0.1) is 0 Å². The van der Waals surface area contributed by atoms with Crippen molar-refractivity contribution in [1.82, 2.24) is 0 Å². The van der Waals surface area contributed by atoms with Crippen LogP contribution in [0.2, 0.25) is 0 Å². The van der Waals surface area contributed by atoms with Gasteiger partial charge in [-0.2, -0.15) is 0 Å². The third-order valence-electron chi connectivity index (χ3n) is 1.02. The summed E-state index contributed by atoms with van der Waals surface area (Å²) in [5.74, 6) is 0. The molecule has 11 heavy (non-hydrogen) atoms. The molecular formula is C9H17NS. The van der Waals surface area contributed by atoms with E-state index < -0.39 is 0 Å². The van der Waals surface area contributed by atoms with E-state index in [1.54, 1.807) is 11.8 Å². The van der Waals surface area contributed by atoms with Gasteiger partial charge >= 0.3 is 0 Å². The Kier molecular flexibility index (Phi) is 4.54. The van der Waals surface area contributed by atoms with E-state index in [4.69, 9.17) is 5.73 Å². The van der Waals surface area contributed by atoms with Crippen molar-refractivity contribution in [3.63, 3.8) is 0 Å². The van der Waals surface area contributed by atoms with Crippen LogP contribution in [0.5, 0.6) is 0 Å². The van der Waals surface area contributed by atoms with Crippen LogP contribution in [0.25, 0.3) is 0 Å². The van der Waals surface area contributed by atoms with Crippen LogP contribution in [-0.4, -0.2) is 5.54 Å². The van der Waals surface area contributed by atoms with Gasteiger partial charge in [-0.3, -0.25) is 0 Å². The molecule has 0 saturated heterocycles. The Morgan fingerprint density at radius 3 is 2.55 bits per heavy atom. The smallest absolute Gasteiger partial charge is 0.0142 e. The van der Waals surface area contributed by atoms with Crippen LogP contribution >= 0.6 is 11.8 Å². The highest BCUT2D eigenvalue weighted by Gasteiger charge is 2.11. The monoisotopic (exact) mass is 171 g/mol. The topological polar surface area (TPSA) is 26.0 Å². The zero-order valence-corrected chi connectivity index (χ0v) is 8.37. The molecule has 0 aliphatic rings. The van der Waals surface area contributed by atoms with Crippen molar-refractivity contribution >= 4 is 11.8 Å². The molecule has 0 aromatic carbocycles. The van der Waals surface area contributed by atoms with Gasteiger partial charge < -0.3 is 5.73 Å². The molecule has 0 unspecified atom stereocenters. The van der Waals surface area contributed by atoms with E-state index >= 15 is 0 Å². The molecule has 2 N–H and O–H groups in total. The SMILES string of the molecule is C=C(CC(C)(C)N)S/C=C\C. The summed E-state index contributed by atoms with van der Waals surface area (Å²) < 4.78 is 0. The largest absolute Gasteiger partial charge is 0.325 e. The van der Waals surface area contributed by atoms with Crippen LogP contribution in [0.1, 0.15) is 27.2 Å². The van der Waals surface area contributed by atoms with E-state index in [1.165, 1.54) is 0 Å². The van der Waals surface area contributed by atoms with Crippen molar-refractivity contribution in [3.05, 3.63) is 23.0 Å². The third kappa shape index (κ3) is 7.69. The van der Waals surface area contributed by atoms with Gasteiger partial charge in [0, 0.05) is 5.54 Å². The number of hydrogen-bond donors (Lipinski definition) is 1. The molecule has 0 radical (unpaired) electrons. The molecule has 0 rings (SSSR count). The standard InChI is InChI=1S/C9H17NS/c1-5-6-11-8(2)7-9(3,4)10/h5-6H,2,7,10H2,1,3-4H3/b6-5-. The van der Waals surface area contributed by atoms with Gasteiger partial charge in [-0.25, -0.2) is 0 Å². The zero-order chi connectivity index (χ0) is 8.91. The third-order valence-corrected chi connectivity index (χ3v) is 1.91. The summed E-state index contributed by atoms with van der Waals surface area (Å²) in [6.07, 6.45) is 2.86. The van der Waals surface area contributed by atoms with Crippen LogP contribution in [0.3, 0.4) is 0 Å². The van der Waals surface area contributed by atoms with E-state index in [9.17, 15) is 0 Å². The number of nitrogens with two attached hydrogens (primary N) is 1. The minimum absolute atomic E-state index is 0.133. The van der Waals surface area contributed by atoms with Crippen molar-refractivity contribution in [2.75, 3.05) is 0 Å². The average Bonchev–Trinajstić information content (AvgIpc) is 1.79. The van der Waals surface area contributed by atoms with Gasteiger partial charge in [0.25, 0.3) is 0 Å². The Morgan fingerprint density at radius 2 is 2.18 bits per heavy atom. The maximum Gasteiger partial charge on any atom is 0.0142 e. The molecule has 0 aliphatic carbocycles. The van der Waals surface area contributed by atoms with Crippen molar-refractivity contribution < 1.29 is 0 Å². The molecule has 0 bridgehead atoms. The first-order valence-corrected chi connectivity index (χ1v) is 4.58. The lowest BCUT2D eigenvalue weighted by molar-refractivity contribution is 0.525. The minimum Gasteiger partial charge on any atom is -0.325 e. The molecule has 64 valence electrons. The molecule has 2 heteroatoms. The van der Waals surface area contributed by atoms with Crippen molar-refractivity contribution in [3.8, 4) is 0 Å². The van der Waals surface area contributed by atoms with Crippen molar-refractivity contribution in [2.45, 2.75) is 32.7 Å². The summed E-state index contributed by atoms with van der Waals surface area (Å²) in [6, 6.07) is 0. The van der Waals surface area contributed by atoms with Crippen molar-refractivity contribution in [2.24, 2.45) is 5.73 Å². The first-order chi connectivity index (χ1) is 4.95. The zero-order valence-electron chi connectivity index (χ0n) is 7.55. The van der Waals surface area contributed by atoms with E-state index in [0.717, 1.165) is 11.3 Å². The first-order valence-electron chi connectivity index (χ1n) is 3.70. The lowest BCUT2D eigenvalue weighted by Crippen LogP contribution is -2.31. The average molecular weight is 171 g/mol. The van der Waals surface area contributed by atoms with Gasteiger partial charge in [-0.05, 0) is 37.5 Å². The molecule has 0 amide bonds. The normalized spacial score (nSPS) is 12.4. The molecule has 0 saturated carbocycles. The summed E-state index contributed by atoms with van der Waals surface area (Å²) >= 11 is 1.65. The van der Waals surface area contributed by atoms with Gasteiger partial charge in [0.15, 0.2) is 0 Å². The predicted octanol–water partition coefficient (Wildman–Crippen LogP) is 2.89. The quantitative estimate of drug-likeness (QED) is 0.704. The molecule has 0 atom stereocenters. The lowest BCUT2D eigenvalue weighted by atomic mass is 10.0. The summed E-state index contributed by atoms with van der Waals surface area (Å²) in [6.45, 7) is 9.92. The second-order valence-corrected chi connectivity index (χ2v) is 4.38. The summed E-state index contributed by atoms with van der Waals surface area (Å²) in [5, 5.41) is 2.02. The molecule has 0 aromatic heterocycles. The van der Waals surface area contributed by atoms with Crippen LogP contribution in [0, 0.1) is 0 Å². The van der Waals surface area contributed by atoms with Gasteiger partial charge in [-0.1, -0.05) is 12.7 Å². The van der Waals surface area contributed by atoms with Gasteiger partial charge in [0.2, 0.25) is 0 Å². The van der Waals surface area contributed by atoms with Crippen molar-refractivity contribution in [1.29, 1.82) is 0 Å². The van der Waals surface area contributed by atoms with Crippen LogP contribution < -0.4 is 5.73 Å². The highest BCUT2D eigenvalue weighted by molar-refractivity contribution is 8.05. The molecule has 0 aromatic rings. The Morgan fingerprint density at radius 1 is 1.64 bits per heavy atom. The fraction of sp³-hybridized carbons (Fsp3) is 0.556. The fourth-order valence-corrected chi connectivity index (χ4v) is 1.50. The Labute approximate surface area is 73.7 Å². The highest BCUT2D eigenvalue weighted by atomic mass is 32.2. The lowest BCUT2D eigenvalue weighted by Gasteiger charge is -2.18. The molecule has 0 spiro atoms. The second-order valence-electron chi connectivity index (χ2n) is 3.29. The molecular weight excluding hydrogens is 154 g/mol. The summed E-state index contributed by atoms with van der Waals surface area (Å²) in [5.41, 5.74) is 5.68. The van der Waals surface area contributed by atoms with E-state index in [0.29, 0.717) is 0 Å². The number of rotatable bonds is 4. The maximum atomic E-state index is 5.81. The predicted molar refractivity (Wildman–Crippen MR) is 54.4 cm³/mol. The van der Waals surface area contributed by atoms with Gasteiger partial charge in [0.1, 0.15) is 0 Å². The summed E-state index contributed by atoms with van der Waals surface area (Å²) in [4.78, 5) is 1.12. The van der Waals surface area contributed by atoms with Crippen LogP contribution in [0.15, 0.2) is 23.0 Å². The number of thioether (sulfide) groups is 1. The first kappa shape index (κ1) is 10.8. The van der Waals surface area contributed by atoms with Crippen LogP contribution in [0.4, 0.5) is 0 Å².